The number of ether oxygens (including phenoxy) is 2. The number of benzene rings is 3. The Morgan fingerprint density at radius 1 is 0.969 bits per heavy atom. The van der Waals surface area contributed by atoms with Gasteiger partial charge in [-0.25, -0.2) is 4.39 Å². The second kappa shape index (κ2) is 11.4. The Bertz CT molecular complexity index is 994. The molecule has 168 valence electrons. The Morgan fingerprint density at radius 3 is 2.22 bits per heavy atom. The minimum atomic E-state index is -0.453. The minimum Gasteiger partial charge on any atom is -0.494 e. The van der Waals surface area contributed by atoms with Gasteiger partial charge < -0.3 is 9.47 Å². The van der Waals surface area contributed by atoms with Crippen LogP contribution in [0.25, 0.3) is 0 Å². The fraction of sp³-hybridized carbons (Fsp3) is 0.296. The summed E-state index contributed by atoms with van der Waals surface area (Å²) in [5.74, 6) is -0.590. The Morgan fingerprint density at radius 2 is 1.62 bits per heavy atom. The van der Waals surface area contributed by atoms with Crippen LogP contribution in [0.15, 0.2) is 78.9 Å². The first kappa shape index (κ1) is 23.5. The van der Waals surface area contributed by atoms with Crippen molar-refractivity contribution >= 4 is 5.97 Å². The molecule has 0 aliphatic carbocycles. The van der Waals surface area contributed by atoms with Crippen LogP contribution in [-0.4, -0.2) is 24.6 Å². The lowest BCUT2D eigenvalue weighted by Crippen LogP contribution is -2.33. The summed E-state index contributed by atoms with van der Waals surface area (Å²) in [5.41, 5.74) is 2.93. The minimum absolute atomic E-state index is 0.0269. The van der Waals surface area contributed by atoms with E-state index in [-0.39, 0.29) is 30.2 Å². The normalized spacial score (nSPS) is 12.9. The summed E-state index contributed by atoms with van der Waals surface area (Å²) in [5, 5.41) is 0. The highest BCUT2D eigenvalue weighted by Gasteiger charge is 2.29. The molecule has 0 fully saturated rings. The fourth-order valence-corrected chi connectivity index (χ4v) is 3.93. The third-order valence-electron chi connectivity index (χ3n) is 5.61. The van der Waals surface area contributed by atoms with E-state index >= 15 is 0 Å². The van der Waals surface area contributed by atoms with E-state index in [1.807, 2.05) is 42.5 Å². The second-order valence-electron chi connectivity index (χ2n) is 7.66. The van der Waals surface area contributed by atoms with Gasteiger partial charge in [0.1, 0.15) is 0 Å². The molecule has 0 unspecified atom stereocenters. The average Bonchev–Trinajstić information content (AvgIpc) is 2.82. The first-order chi connectivity index (χ1) is 15.5. The number of carbonyl (C=O) groups excluding carboxylic acids is 1. The molecule has 0 spiro atoms. The standard InChI is InChI=1S/C27H30FNO3/c1-4-32-27(30)18-25(23-15-16-26(31-3)24(28)17-23)29(19-21-11-7-5-8-12-21)20(2)22-13-9-6-10-14-22/h5-17,20,25H,4,18-19H2,1-3H3/t20-,25-/m0/s1. The van der Waals surface area contributed by atoms with Crippen LogP contribution in [0.1, 0.15) is 49.0 Å². The maximum Gasteiger partial charge on any atom is 0.307 e. The van der Waals surface area contributed by atoms with Crippen LogP contribution in [0.4, 0.5) is 4.39 Å². The van der Waals surface area contributed by atoms with Crippen molar-refractivity contribution in [1.29, 1.82) is 0 Å². The molecule has 0 aromatic heterocycles. The first-order valence-electron chi connectivity index (χ1n) is 10.9. The molecular formula is C27H30FNO3. The molecule has 0 aliphatic heterocycles. The Hall–Kier alpha value is -3.18. The van der Waals surface area contributed by atoms with E-state index in [4.69, 9.17) is 9.47 Å². The summed E-state index contributed by atoms with van der Waals surface area (Å²) in [6.45, 7) is 4.79. The second-order valence-corrected chi connectivity index (χ2v) is 7.66. The largest absolute Gasteiger partial charge is 0.494 e. The van der Waals surface area contributed by atoms with Crippen molar-refractivity contribution in [3.05, 3.63) is 101 Å². The van der Waals surface area contributed by atoms with Gasteiger partial charge in [0.2, 0.25) is 0 Å². The Balaban J connectivity index is 2.06. The van der Waals surface area contributed by atoms with E-state index in [2.05, 4.69) is 36.1 Å². The van der Waals surface area contributed by atoms with Crippen LogP contribution in [0.3, 0.4) is 0 Å². The maximum atomic E-state index is 14.7. The van der Waals surface area contributed by atoms with Crippen molar-refractivity contribution < 1.29 is 18.7 Å². The van der Waals surface area contributed by atoms with E-state index in [1.165, 1.54) is 13.2 Å². The van der Waals surface area contributed by atoms with Gasteiger partial charge in [0.05, 0.1) is 20.1 Å². The van der Waals surface area contributed by atoms with Gasteiger partial charge in [-0.15, -0.1) is 0 Å². The highest BCUT2D eigenvalue weighted by Crippen LogP contribution is 2.36. The zero-order valence-electron chi connectivity index (χ0n) is 18.8. The van der Waals surface area contributed by atoms with Crippen LogP contribution in [0.5, 0.6) is 5.75 Å². The average molecular weight is 436 g/mol. The molecule has 0 N–H and O–H groups in total. The predicted molar refractivity (Wildman–Crippen MR) is 124 cm³/mol. The number of hydrogen-bond acceptors (Lipinski definition) is 4. The molecule has 3 rings (SSSR count). The highest BCUT2D eigenvalue weighted by atomic mass is 19.1. The maximum absolute atomic E-state index is 14.7. The monoisotopic (exact) mass is 435 g/mol. The van der Waals surface area contributed by atoms with Crippen molar-refractivity contribution in [2.45, 2.75) is 38.9 Å². The number of esters is 1. The number of nitrogens with zero attached hydrogens (tertiary/aromatic N) is 1. The van der Waals surface area contributed by atoms with Crippen molar-refractivity contribution in [3.63, 3.8) is 0 Å². The molecule has 3 aromatic rings. The van der Waals surface area contributed by atoms with Crippen molar-refractivity contribution in [1.82, 2.24) is 4.90 Å². The smallest absolute Gasteiger partial charge is 0.307 e. The molecule has 2 atom stereocenters. The Labute approximate surface area is 189 Å². The first-order valence-corrected chi connectivity index (χ1v) is 10.9. The van der Waals surface area contributed by atoms with Gasteiger partial charge in [0, 0.05) is 18.6 Å². The highest BCUT2D eigenvalue weighted by molar-refractivity contribution is 5.70. The fourth-order valence-electron chi connectivity index (χ4n) is 3.93. The summed E-state index contributed by atoms with van der Waals surface area (Å²) >= 11 is 0. The van der Waals surface area contributed by atoms with E-state index in [1.54, 1.807) is 13.0 Å². The van der Waals surface area contributed by atoms with Gasteiger partial charge in [-0.1, -0.05) is 66.7 Å². The van der Waals surface area contributed by atoms with Gasteiger partial charge in [-0.3, -0.25) is 9.69 Å². The van der Waals surface area contributed by atoms with E-state index < -0.39 is 5.82 Å². The Kier molecular flexibility index (Phi) is 8.40. The van der Waals surface area contributed by atoms with E-state index in [9.17, 15) is 9.18 Å². The quantitative estimate of drug-likeness (QED) is 0.361. The molecule has 0 amide bonds. The van der Waals surface area contributed by atoms with Crippen molar-refractivity contribution in [3.8, 4) is 5.75 Å². The molecule has 0 saturated heterocycles. The van der Waals surface area contributed by atoms with E-state index in [0.717, 1.165) is 11.1 Å². The summed E-state index contributed by atoms with van der Waals surface area (Å²) in [6, 6.07) is 24.7. The number of carbonyl (C=O) groups is 1. The van der Waals surface area contributed by atoms with Gasteiger partial charge in [-0.05, 0) is 42.7 Å². The summed E-state index contributed by atoms with van der Waals surface area (Å²) in [4.78, 5) is 14.8. The van der Waals surface area contributed by atoms with Crippen molar-refractivity contribution in [2.75, 3.05) is 13.7 Å². The number of halogens is 1. The van der Waals surface area contributed by atoms with Gasteiger partial charge in [0.15, 0.2) is 11.6 Å². The number of hydrogen-bond donors (Lipinski definition) is 0. The van der Waals surface area contributed by atoms with Gasteiger partial charge in [0.25, 0.3) is 0 Å². The summed E-state index contributed by atoms with van der Waals surface area (Å²) < 4.78 is 25.0. The van der Waals surface area contributed by atoms with Gasteiger partial charge in [-0.2, -0.15) is 0 Å². The number of rotatable bonds is 10. The zero-order chi connectivity index (χ0) is 22.9. The predicted octanol–water partition coefficient (Wildman–Crippen LogP) is 6.09. The molecule has 0 radical (unpaired) electrons. The van der Waals surface area contributed by atoms with Crippen LogP contribution in [0, 0.1) is 5.82 Å². The lowest BCUT2D eigenvalue weighted by Gasteiger charge is -2.37. The molecular weight excluding hydrogens is 405 g/mol. The zero-order valence-corrected chi connectivity index (χ0v) is 18.8. The molecule has 4 nitrogen and oxygen atoms in total. The lowest BCUT2D eigenvalue weighted by atomic mass is 9.96. The van der Waals surface area contributed by atoms with E-state index in [0.29, 0.717) is 18.7 Å². The van der Waals surface area contributed by atoms with Crippen molar-refractivity contribution in [2.24, 2.45) is 0 Å². The molecule has 0 bridgehead atoms. The molecule has 32 heavy (non-hydrogen) atoms. The molecule has 0 aliphatic rings. The van der Waals surface area contributed by atoms with Crippen LogP contribution < -0.4 is 4.74 Å². The topological polar surface area (TPSA) is 38.8 Å². The third kappa shape index (κ3) is 5.95. The van der Waals surface area contributed by atoms with Crippen LogP contribution in [-0.2, 0) is 16.1 Å². The molecule has 0 saturated carbocycles. The number of methoxy groups -OCH3 is 1. The summed E-state index contributed by atoms with van der Waals surface area (Å²) in [6.07, 6.45) is 0.115. The molecule has 0 heterocycles. The van der Waals surface area contributed by atoms with Crippen LogP contribution in [0.2, 0.25) is 0 Å². The van der Waals surface area contributed by atoms with Gasteiger partial charge >= 0.3 is 5.97 Å². The molecule has 5 heteroatoms. The van der Waals surface area contributed by atoms with Crippen LogP contribution >= 0.6 is 0 Å². The third-order valence-corrected chi connectivity index (χ3v) is 5.61. The molecule has 3 aromatic carbocycles. The lowest BCUT2D eigenvalue weighted by molar-refractivity contribution is -0.145. The summed E-state index contributed by atoms with van der Waals surface area (Å²) in [7, 11) is 1.44. The SMILES string of the molecule is CCOC(=O)C[C@@H](c1ccc(OC)c(F)c1)N(Cc1ccccc1)[C@@H](C)c1ccccc1.